The van der Waals surface area contributed by atoms with Crippen molar-refractivity contribution in [2.24, 2.45) is 5.84 Å². The Hall–Kier alpha value is -1.70. The first kappa shape index (κ1) is 11.4. The third kappa shape index (κ3) is 2.88. The largest absolute Gasteiger partial charge is 0.490 e. The predicted octanol–water partition coefficient (Wildman–Crippen LogP) is 0.448. The molecule has 0 unspecified atom stereocenters. The van der Waals surface area contributed by atoms with Gasteiger partial charge in [0.15, 0.2) is 11.6 Å². The van der Waals surface area contributed by atoms with Crippen LogP contribution in [0, 0.1) is 0 Å². The molecule has 0 aliphatic carbocycles. The summed E-state index contributed by atoms with van der Waals surface area (Å²) in [4.78, 5) is 7.51. The molecule has 1 rings (SSSR count). The molecule has 15 heavy (non-hydrogen) atoms. The standard InChI is InChI=1S/C7H11F2N5O/c1-15-5-6(11-2-4(8)9)12-3-13-7(5)14-10/h3-4H,2,10H2,1H3,(H2,11,12,13,14). The third-order valence-corrected chi connectivity index (χ3v) is 1.57. The fourth-order valence-electron chi connectivity index (χ4n) is 0.970. The van der Waals surface area contributed by atoms with Gasteiger partial charge in [0.25, 0.3) is 6.43 Å². The predicted molar refractivity (Wildman–Crippen MR) is 50.9 cm³/mol. The number of hydrogen-bond acceptors (Lipinski definition) is 6. The van der Waals surface area contributed by atoms with Crippen molar-refractivity contribution in [2.45, 2.75) is 6.43 Å². The molecule has 0 aliphatic rings. The van der Waals surface area contributed by atoms with Crippen molar-refractivity contribution >= 4 is 11.6 Å². The van der Waals surface area contributed by atoms with Crippen LogP contribution in [-0.2, 0) is 0 Å². The highest BCUT2D eigenvalue weighted by atomic mass is 19.3. The van der Waals surface area contributed by atoms with Gasteiger partial charge in [-0.05, 0) is 0 Å². The van der Waals surface area contributed by atoms with E-state index in [1.807, 2.05) is 0 Å². The zero-order valence-corrected chi connectivity index (χ0v) is 8.00. The van der Waals surface area contributed by atoms with Gasteiger partial charge in [-0.2, -0.15) is 0 Å². The molecule has 0 atom stereocenters. The van der Waals surface area contributed by atoms with E-state index in [9.17, 15) is 8.78 Å². The third-order valence-electron chi connectivity index (χ3n) is 1.57. The van der Waals surface area contributed by atoms with Gasteiger partial charge in [0.2, 0.25) is 5.75 Å². The van der Waals surface area contributed by atoms with Crippen LogP contribution in [0.3, 0.4) is 0 Å². The molecule has 6 nitrogen and oxygen atoms in total. The first-order valence-corrected chi connectivity index (χ1v) is 4.06. The molecule has 0 spiro atoms. The molecule has 1 aromatic rings. The molecular weight excluding hydrogens is 208 g/mol. The summed E-state index contributed by atoms with van der Waals surface area (Å²) in [6.07, 6.45) is -1.29. The van der Waals surface area contributed by atoms with Crippen LogP contribution in [-0.4, -0.2) is 30.0 Å². The van der Waals surface area contributed by atoms with Gasteiger partial charge in [0.05, 0.1) is 13.7 Å². The number of nitrogens with one attached hydrogen (secondary N) is 2. The van der Waals surface area contributed by atoms with Crippen molar-refractivity contribution in [1.82, 2.24) is 9.97 Å². The summed E-state index contributed by atoms with van der Waals surface area (Å²) in [5.74, 6) is 5.74. The lowest BCUT2D eigenvalue weighted by Gasteiger charge is -2.11. The number of rotatable bonds is 5. The molecule has 0 aliphatic heterocycles. The number of hydrazine groups is 1. The number of hydrogen-bond donors (Lipinski definition) is 3. The lowest BCUT2D eigenvalue weighted by molar-refractivity contribution is 0.163. The molecule has 0 bridgehead atoms. The normalized spacial score (nSPS) is 10.2. The van der Waals surface area contributed by atoms with E-state index in [0.717, 1.165) is 0 Å². The maximum Gasteiger partial charge on any atom is 0.255 e. The number of ether oxygens (including phenoxy) is 1. The molecule has 0 saturated carbocycles. The second-order valence-electron chi connectivity index (χ2n) is 2.52. The lowest BCUT2D eigenvalue weighted by Crippen LogP contribution is -2.15. The molecule has 0 aromatic carbocycles. The molecule has 1 aromatic heterocycles. The van der Waals surface area contributed by atoms with E-state index >= 15 is 0 Å². The number of anilines is 2. The summed E-state index contributed by atoms with van der Waals surface area (Å²) in [5, 5.41) is 2.42. The lowest BCUT2D eigenvalue weighted by atomic mass is 10.4. The minimum Gasteiger partial charge on any atom is -0.490 e. The van der Waals surface area contributed by atoms with Gasteiger partial charge in [-0.1, -0.05) is 0 Å². The highest BCUT2D eigenvalue weighted by Gasteiger charge is 2.12. The number of nitrogens with zero attached hydrogens (tertiary/aromatic N) is 2. The van der Waals surface area contributed by atoms with Gasteiger partial charge in [-0.15, -0.1) is 0 Å². The number of methoxy groups -OCH3 is 1. The molecule has 0 amide bonds. The van der Waals surface area contributed by atoms with E-state index < -0.39 is 13.0 Å². The number of aromatic nitrogens is 2. The second kappa shape index (κ2) is 5.25. The summed E-state index contributed by atoms with van der Waals surface area (Å²) in [5.41, 5.74) is 2.27. The van der Waals surface area contributed by atoms with Crippen molar-refractivity contribution in [3.63, 3.8) is 0 Å². The van der Waals surface area contributed by atoms with Crippen LogP contribution in [0.15, 0.2) is 6.33 Å². The fourth-order valence-corrected chi connectivity index (χ4v) is 0.970. The van der Waals surface area contributed by atoms with Crippen LogP contribution in [0.25, 0.3) is 0 Å². The molecule has 1 heterocycles. The van der Waals surface area contributed by atoms with E-state index in [4.69, 9.17) is 10.6 Å². The molecule has 0 radical (unpaired) electrons. The van der Waals surface area contributed by atoms with Crippen LogP contribution >= 0.6 is 0 Å². The Morgan fingerprint density at radius 2 is 2.13 bits per heavy atom. The highest BCUT2D eigenvalue weighted by Crippen LogP contribution is 2.27. The number of alkyl halides is 2. The van der Waals surface area contributed by atoms with Gasteiger partial charge < -0.3 is 15.5 Å². The van der Waals surface area contributed by atoms with Crippen LogP contribution in [0.1, 0.15) is 0 Å². The number of nitrogen functional groups attached to an aromatic ring is 1. The molecule has 0 saturated heterocycles. The minimum atomic E-state index is -2.47. The van der Waals surface area contributed by atoms with Crippen molar-refractivity contribution in [3.8, 4) is 5.75 Å². The minimum absolute atomic E-state index is 0.167. The van der Waals surface area contributed by atoms with Crippen LogP contribution in [0.2, 0.25) is 0 Å². The summed E-state index contributed by atoms with van der Waals surface area (Å²) < 4.78 is 28.8. The first-order valence-electron chi connectivity index (χ1n) is 4.06. The van der Waals surface area contributed by atoms with E-state index in [1.165, 1.54) is 13.4 Å². The van der Waals surface area contributed by atoms with Crippen molar-refractivity contribution in [3.05, 3.63) is 6.33 Å². The first-order chi connectivity index (χ1) is 7.19. The summed E-state index contributed by atoms with van der Waals surface area (Å²) >= 11 is 0. The van der Waals surface area contributed by atoms with Crippen molar-refractivity contribution < 1.29 is 13.5 Å². The summed E-state index contributed by atoms with van der Waals surface area (Å²) in [6.45, 7) is -0.516. The Labute approximate surface area is 84.8 Å². The van der Waals surface area contributed by atoms with Gasteiger partial charge in [-0.25, -0.2) is 24.6 Å². The quantitative estimate of drug-likeness (QED) is 0.492. The number of halogens is 2. The van der Waals surface area contributed by atoms with E-state index in [2.05, 4.69) is 20.7 Å². The van der Waals surface area contributed by atoms with Gasteiger partial charge in [-0.3, -0.25) is 0 Å². The van der Waals surface area contributed by atoms with Crippen molar-refractivity contribution in [2.75, 3.05) is 24.4 Å². The zero-order chi connectivity index (χ0) is 11.3. The fraction of sp³-hybridized carbons (Fsp3) is 0.429. The van der Waals surface area contributed by atoms with Crippen LogP contribution < -0.4 is 21.3 Å². The monoisotopic (exact) mass is 219 g/mol. The van der Waals surface area contributed by atoms with Gasteiger partial charge in [0.1, 0.15) is 6.33 Å². The van der Waals surface area contributed by atoms with Crippen LogP contribution in [0.5, 0.6) is 5.75 Å². The Balaban J connectivity index is 2.86. The van der Waals surface area contributed by atoms with Crippen molar-refractivity contribution in [1.29, 1.82) is 0 Å². The Morgan fingerprint density at radius 3 is 2.67 bits per heavy atom. The summed E-state index contributed by atoms with van der Waals surface area (Å²) in [7, 11) is 1.37. The molecule has 8 heteroatoms. The van der Waals surface area contributed by atoms with E-state index in [-0.39, 0.29) is 17.4 Å². The van der Waals surface area contributed by atoms with Crippen LogP contribution in [0.4, 0.5) is 20.4 Å². The maximum atomic E-state index is 12.0. The van der Waals surface area contributed by atoms with E-state index in [1.54, 1.807) is 0 Å². The smallest absolute Gasteiger partial charge is 0.255 e. The average molecular weight is 219 g/mol. The topological polar surface area (TPSA) is 85.1 Å². The van der Waals surface area contributed by atoms with Gasteiger partial charge >= 0.3 is 0 Å². The van der Waals surface area contributed by atoms with Gasteiger partial charge in [0, 0.05) is 0 Å². The molecule has 84 valence electrons. The molecule has 4 N–H and O–H groups in total. The Kier molecular flexibility index (Phi) is 3.98. The highest BCUT2D eigenvalue weighted by molar-refractivity contribution is 5.62. The Bertz CT molecular complexity index is 322. The molecular formula is C7H11F2N5O. The average Bonchev–Trinajstić information content (AvgIpc) is 2.25. The second-order valence-corrected chi connectivity index (χ2v) is 2.52. The van der Waals surface area contributed by atoms with E-state index in [0.29, 0.717) is 0 Å². The maximum absolute atomic E-state index is 12.0. The number of nitrogens with two attached hydrogens (primary N) is 1. The summed E-state index contributed by atoms with van der Waals surface area (Å²) in [6, 6.07) is 0. The SMILES string of the molecule is COc1c(NN)ncnc1NCC(F)F. The molecule has 0 fully saturated rings. The Morgan fingerprint density at radius 1 is 1.47 bits per heavy atom. The zero-order valence-electron chi connectivity index (χ0n) is 8.00.